The zero-order valence-corrected chi connectivity index (χ0v) is 19.8. The van der Waals surface area contributed by atoms with Gasteiger partial charge < -0.3 is 19.3 Å². The quantitative estimate of drug-likeness (QED) is 0.561. The highest BCUT2D eigenvalue weighted by Gasteiger charge is 2.25. The molecule has 3 aromatic rings. The zero-order chi connectivity index (χ0) is 23.4. The fourth-order valence-corrected chi connectivity index (χ4v) is 4.99. The molecule has 0 radical (unpaired) electrons. The Morgan fingerprint density at radius 3 is 2.48 bits per heavy atom. The molecule has 0 N–H and O–H groups in total. The van der Waals surface area contributed by atoms with Crippen LogP contribution in [-0.2, 0) is 0 Å². The maximum absolute atomic E-state index is 13.4. The summed E-state index contributed by atoms with van der Waals surface area (Å²) >= 11 is 1.41. The summed E-state index contributed by atoms with van der Waals surface area (Å²) in [5.41, 5.74) is 3.36. The molecule has 1 fully saturated rings. The van der Waals surface area contributed by atoms with E-state index in [9.17, 15) is 4.79 Å². The predicted molar refractivity (Wildman–Crippen MR) is 129 cm³/mol. The zero-order valence-electron chi connectivity index (χ0n) is 19.0. The molecule has 170 valence electrons. The summed E-state index contributed by atoms with van der Waals surface area (Å²) < 4.78 is 10.7. The highest BCUT2D eigenvalue weighted by Crippen LogP contribution is 2.35. The smallest absolute Gasteiger partial charge is 0.265 e. The number of thiazole rings is 1. The van der Waals surface area contributed by atoms with Gasteiger partial charge in [-0.2, -0.15) is 5.26 Å². The van der Waals surface area contributed by atoms with Crippen LogP contribution in [0.4, 0.5) is 5.69 Å². The minimum atomic E-state index is 0.0263. The lowest BCUT2D eigenvalue weighted by molar-refractivity contribution is 0.0771. The van der Waals surface area contributed by atoms with Gasteiger partial charge >= 0.3 is 0 Å². The van der Waals surface area contributed by atoms with E-state index in [0.717, 1.165) is 41.5 Å². The van der Waals surface area contributed by atoms with Crippen molar-refractivity contribution in [2.45, 2.75) is 13.3 Å². The van der Waals surface area contributed by atoms with Gasteiger partial charge in [-0.25, -0.2) is 4.98 Å². The van der Waals surface area contributed by atoms with Crippen molar-refractivity contribution in [2.75, 3.05) is 45.3 Å². The van der Waals surface area contributed by atoms with Crippen molar-refractivity contribution in [1.82, 2.24) is 9.88 Å². The molecule has 0 aliphatic carbocycles. The van der Waals surface area contributed by atoms with E-state index in [0.29, 0.717) is 35.0 Å². The maximum Gasteiger partial charge on any atom is 0.265 e. The second kappa shape index (κ2) is 9.92. The number of aromatic nitrogens is 1. The molecule has 0 atom stereocenters. The Hall–Kier alpha value is -3.57. The molecule has 0 bridgehead atoms. The SMILES string of the molecule is COc1ccc(-c2nc(C)c(C(=O)N3CCCN(c4ccc(C#N)cc4)CC3)s2)cc1OC. The Morgan fingerprint density at radius 1 is 1.03 bits per heavy atom. The van der Waals surface area contributed by atoms with Crippen molar-refractivity contribution in [3.05, 3.63) is 58.6 Å². The normalized spacial score (nSPS) is 13.9. The van der Waals surface area contributed by atoms with Crippen molar-refractivity contribution < 1.29 is 14.3 Å². The van der Waals surface area contributed by atoms with E-state index in [1.807, 2.05) is 54.3 Å². The molecule has 1 saturated heterocycles. The molecule has 1 aliphatic rings. The van der Waals surface area contributed by atoms with E-state index < -0.39 is 0 Å². The molecule has 8 heteroatoms. The van der Waals surface area contributed by atoms with E-state index in [2.05, 4.69) is 16.0 Å². The molecule has 0 saturated carbocycles. The minimum Gasteiger partial charge on any atom is -0.493 e. The van der Waals surface area contributed by atoms with Gasteiger partial charge in [0, 0.05) is 37.4 Å². The van der Waals surface area contributed by atoms with Crippen LogP contribution in [-0.4, -0.2) is 56.2 Å². The molecule has 0 unspecified atom stereocenters. The Balaban J connectivity index is 1.49. The first kappa shape index (κ1) is 22.6. The summed E-state index contributed by atoms with van der Waals surface area (Å²) in [6.07, 6.45) is 0.881. The molecule has 1 amide bonds. The van der Waals surface area contributed by atoms with E-state index >= 15 is 0 Å². The van der Waals surface area contributed by atoms with Gasteiger partial charge in [-0.1, -0.05) is 0 Å². The van der Waals surface area contributed by atoms with Gasteiger partial charge in [-0.3, -0.25) is 4.79 Å². The number of rotatable bonds is 5. The fraction of sp³-hybridized carbons (Fsp3) is 0.320. The number of nitrogens with zero attached hydrogens (tertiary/aromatic N) is 4. The van der Waals surface area contributed by atoms with Gasteiger partial charge in [0.25, 0.3) is 5.91 Å². The number of carbonyl (C=O) groups excluding carboxylic acids is 1. The lowest BCUT2D eigenvalue weighted by atomic mass is 10.2. The molecule has 2 aromatic carbocycles. The van der Waals surface area contributed by atoms with Crippen molar-refractivity contribution >= 4 is 22.9 Å². The van der Waals surface area contributed by atoms with E-state index in [1.54, 1.807) is 14.2 Å². The third-order valence-electron chi connectivity index (χ3n) is 5.77. The number of nitriles is 1. The molecule has 7 nitrogen and oxygen atoms in total. The third kappa shape index (κ3) is 4.78. The van der Waals surface area contributed by atoms with Crippen LogP contribution in [0, 0.1) is 18.3 Å². The third-order valence-corrected chi connectivity index (χ3v) is 6.96. The lowest BCUT2D eigenvalue weighted by Crippen LogP contribution is -2.35. The topological polar surface area (TPSA) is 78.7 Å². The minimum absolute atomic E-state index is 0.0263. The van der Waals surface area contributed by atoms with E-state index in [-0.39, 0.29) is 5.91 Å². The molecule has 33 heavy (non-hydrogen) atoms. The molecule has 4 rings (SSSR count). The number of benzene rings is 2. The number of anilines is 1. The van der Waals surface area contributed by atoms with Gasteiger partial charge in [0.2, 0.25) is 0 Å². The number of hydrogen-bond donors (Lipinski definition) is 0. The average Bonchev–Trinajstić information content (AvgIpc) is 3.08. The van der Waals surface area contributed by atoms with Crippen LogP contribution in [0.25, 0.3) is 10.6 Å². The first-order valence-electron chi connectivity index (χ1n) is 10.8. The number of carbonyl (C=O) groups is 1. The summed E-state index contributed by atoms with van der Waals surface area (Å²) in [5.74, 6) is 1.31. The highest BCUT2D eigenvalue weighted by atomic mass is 32.1. The maximum atomic E-state index is 13.4. The number of methoxy groups -OCH3 is 2. The van der Waals surface area contributed by atoms with Crippen molar-refractivity contribution in [3.63, 3.8) is 0 Å². The van der Waals surface area contributed by atoms with Crippen molar-refractivity contribution in [1.29, 1.82) is 5.26 Å². The molecule has 0 spiro atoms. The van der Waals surface area contributed by atoms with Gasteiger partial charge in [0.15, 0.2) is 11.5 Å². The van der Waals surface area contributed by atoms with Gasteiger partial charge in [-0.05, 0) is 55.8 Å². The van der Waals surface area contributed by atoms with Crippen LogP contribution in [0.1, 0.15) is 27.3 Å². The van der Waals surface area contributed by atoms with Crippen LogP contribution in [0.2, 0.25) is 0 Å². The van der Waals surface area contributed by atoms with Crippen LogP contribution in [0.3, 0.4) is 0 Å². The van der Waals surface area contributed by atoms with Crippen LogP contribution in [0.15, 0.2) is 42.5 Å². The molecular formula is C25H26N4O3S. The number of hydrogen-bond acceptors (Lipinski definition) is 7. The molecular weight excluding hydrogens is 436 g/mol. The Labute approximate surface area is 197 Å². The Bertz CT molecular complexity index is 1180. The molecule has 2 heterocycles. The highest BCUT2D eigenvalue weighted by molar-refractivity contribution is 7.17. The number of amides is 1. The summed E-state index contributed by atoms with van der Waals surface area (Å²) in [4.78, 5) is 22.9. The largest absolute Gasteiger partial charge is 0.493 e. The number of ether oxygens (including phenoxy) is 2. The van der Waals surface area contributed by atoms with Crippen LogP contribution < -0.4 is 14.4 Å². The van der Waals surface area contributed by atoms with Crippen molar-refractivity contribution in [3.8, 4) is 28.1 Å². The molecule has 1 aromatic heterocycles. The fourth-order valence-electron chi connectivity index (χ4n) is 3.96. The predicted octanol–water partition coefficient (Wildman–Crippen LogP) is 4.36. The Morgan fingerprint density at radius 2 is 1.79 bits per heavy atom. The number of aryl methyl sites for hydroxylation is 1. The van der Waals surface area contributed by atoms with Crippen LogP contribution >= 0.6 is 11.3 Å². The summed E-state index contributed by atoms with van der Waals surface area (Å²) in [7, 11) is 3.20. The van der Waals surface area contributed by atoms with Gasteiger partial charge in [0.1, 0.15) is 9.88 Å². The van der Waals surface area contributed by atoms with E-state index in [1.165, 1.54) is 11.3 Å². The lowest BCUT2D eigenvalue weighted by Gasteiger charge is -2.23. The summed E-state index contributed by atoms with van der Waals surface area (Å²) in [6.45, 7) is 4.84. The van der Waals surface area contributed by atoms with Crippen LogP contribution in [0.5, 0.6) is 11.5 Å². The standard InChI is InChI=1S/C25H26N4O3S/c1-17-23(33-24(27-17)19-7-10-21(31-2)22(15-19)32-3)25(30)29-12-4-11-28(13-14-29)20-8-5-18(16-26)6-9-20/h5-10,15H,4,11-14H2,1-3H3. The Kier molecular flexibility index (Phi) is 6.80. The monoisotopic (exact) mass is 462 g/mol. The van der Waals surface area contributed by atoms with E-state index in [4.69, 9.17) is 14.7 Å². The first-order chi connectivity index (χ1) is 16.0. The van der Waals surface area contributed by atoms with Gasteiger partial charge in [0.05, 0.1) is 31.5 Å². The summed E-state index contributed by atoms with van der Waals surface area (Å²) in [5, 5.41) is 9.79. The van der Waals surface area contributed by atoms with Gasteiger partial charge in [-0.15, -0.1) is 11.3 Å². The molecule has 1 aliphatic heterocycles. The van der Waals surface area contributed by atoms with Crippen molar-refractivity contribution in [2.24, 2.45) is 0 Å². The second-order valence-electron chi connectivity index (χ2n) is 7.79. The first-order valence-corrected chi connectivity index (χ1v) is 11.6. The summed E-state index contributed by atoms with van der Waals surface area (Å²) in [6, 6.07) is 15.4. The average molecular weight is 463 g/mol. The second-order valence-corrected chi connectivity index (χ2v) is 8.79.